The number of H-pyrrole nitrogens is 1. The third-order valence-electron chi connectivity index (χ3n) is 2.74. The maximum absolute atomic E-state index is 13.2. The number of imidazole rings is 1. The summed E-state index contributed by atoms with van der Waals surface area (Å²) in [6, 6.07) is 3.09. The fourth-order valence-electron chi connectivity index (χ4n) is 1.80. The van der Waals surface area contributed by atoms with Gasteiger partial charge in [-0.1, -0.05) is 6.92 Å². The van der Waals surface area contributed by atoms with Gasteiger partial charge in [-0.15, -0.1) is 0 Å². The van der Waals surface area contributed by atoms with Crippen molar-refractivity contribution in [2.45, 2.75) is 19.4 Å². The Morgan fingerprint density at radius 1 is 1.58 bits per heavy atom. The first-order valence-corrected chi connectivity index (χ1v) is 5.81. The van der Waals surface area contributed by atoms with Crippen molar-refractivity contribution in [3.8, 4) is 0 Å². The van der Waals surface area contributed by atoms with E-state index >= 15 is 0 Å². The Kier molecular flexibility index (Phi) is 3.74. The van der Waals surface area contributed by atoms with Crippen molar-refractivity contribution in [3.63, 3.8) is 0 Å². The molecule has 0 saturated carbocycles. The second-order valence-corrected chi connectivity index (χ2v) is 4.00. The van der Waals surface area contributed by atoms with Crippen molar-refractivity contribution in [2.75, 3.05) is 5.32 Å². The van der Waals surface area contributed by atoms with E-state index in [0.717, 1.165) is 18.2 Å². The van der Waals surface area contributed by atoms with E-state index < -0.39 is 10.7 Å². The topological polar surface area (TPSA) is 83.8 Å². The Balaban J connectivity index is 2.31. The van der Waals surface area contributed by atoms with Crippen LogP contribution in [0.1, 0.15) is 25.2 Å². The normalized spacial score (nSPS) is 12.1. The maximum atomic E-state index is 13.2. The average Bonchev–Trinajstić information content (AvgIpc) is 2.89. The van der Waals surface area contributed by atoms with Crippen LogP contribution in [0.4, 0.5) is 15.8 Å². The first-order valence-electron chi connectivity index (χ1n) is 5.81. The molecule has 100 valence electrons. The molecule has 1 aromatic heterocycles. The fourth-order valence-corrected chi connectivity index (χ4v) is 1.80. The number of nitro benzene ring substituents is 1. The maximum Gasteiger partial charge on any atom is 0.292 e. The van der Waals surface area contributed by atoms with Crippen LogP contribution in [0.15, 0.2) is 30.6 Å². The number of nitrogens with one attached hydrogen (secondary N) is 2. The molecule has 6 nitrogen and oxygen atoms in total. The van der Waals surface area contributed by atoms with E-state index in [1.807, 2.05) is 6.92 Å². The molecule has 2 rings (SSSR count). The molecular formula is C12H13FN4O2. The second-order valence-electron chi connectivity index (χ2n) is 4.00. The van der Waals surface area contributed by atoms with Gasteiger partial charge in [-0.2, -0.15) is 0 Å². The highest BCUT2D eigenvalue weighted by Gasteiger charge is 2.19. The second kappa shape index (κ2) is 5.47. The molecule has 0 saturated heterocycles. The number of hydrogen-bond donors (Lipinski definition) is 2. The monoisotopic (exact) mass is 264 g/mol. The Hall–Kier alpha value is -2.44. The van der Waals surface area contributed by atoms with Gasteiger partial charge < -0.3 is 10.3 Å². The molecule has 0 spiro atoms. The number of aromatic nitrogens is 2. The minimum atomic E-state index is -0.545. The van der Waals surface area contributed by atoms with Crippen LogP contribution in [-0.2, 0) is 0 Å². The van der Waals surface area contributed by atoms with Crippen LogP contribution in [0.25, 0.3) is 0 Å². The molecule has 0 amide bonds. The predicted molar refractivity (Wildman–Crippen MR) is 68.3 cm³/mol. The summed E-state index contributed by atoms with van der Waals surface area (Å²) in [6.07, 6.45) is 3.92. The quantitative estimate of drug-likeness (QED) is 0.642. The molecule has 2 N–H and O–H groups in total. The van der Waals surface area contributed by atoms with E-state index in [-0.39, 0.29) is 17.4 Å². The van der Waals surface area contributed by atoms with Crippen molar-refractivity contribution in [2.24, 2.45) is 0 Å². The van der Waals surface area contributed by atoms with Crippen LogP contribution in [0.5, 0.6) is 0 Å². The van der Waals surface area contributed by atoms with Crippen LogP contribution in [0.2, 0.25) is 0 Å². The summed E-state index contributed by atoms with van der Waals surface area (Å²) < 4.78 is 13.2. The number of halogens is 1. The van der Waals surface area contributed by atoms with E-state index in [9.17, 15) is 14.5 Å². The lowest BCUT2D eigenvalue weighted by Crippen LogP contribution is -2.12. The number of nitrogens with zero attached hydrogens (tertiary/aromatic N) is 2. The molecule has 0 radical (unpaired) electrons. The number of rotatable bonds is 5. The average molecular weight is 264 g/mol. The lowest BCUT2D eigenvalue weighted by molar-refractivity contribution is -0.384. The van der Waals surface area contributed by atoms with E-state index in [0.29, 0.717) is 12.2 Å². The molecule has 1 atom stereocenters. The SMILES string of the molecule is CCC(Nc1cc(F)ccc1[N+](=O)[O-])c1ncc[nH]1. The van der Waals surface area contributed by atoms with Gasteiger partial charge >= 0.3 is 0 Å². The third-order valence-corrected chi connectivity index (χ3v) is 2.74. The third kappa shape index (κ3) is 2.87. The van der Waals surface area contributed by atoms with Crippen LogP contribution in [0, 0.1) is 15.9 Å². The molecule has 0 aliphatic rings. The minimum absolute atomic E-state index is 0.147. The standard InChI is InChI=1S/C12H13FN4O2/c1-2-9(12-14-5-6-15-12)16-10-7-8(13)3-4-11(10)17(18)19/h3-7,9,16H,2H2,1H3,(H,14,15). The lowest BCUT2D eigenvalue weighted by atomic mass is 10.2. The van der Waals surface area contributed by atoms with Crippen LogP contribution in [0.3, 0.4) is 0 Å². The van der Waals surface area contributed by atoms with E-state index in [1.54, 1.807) is 12.4 Å². The lowest BCUT2D eigenvalue weighted by Gasteiger charge is -2.16. The number of hydrogen-bond acceptors (Lipinski definition) is 4. The predicted octanol–water partition coefficient (Wildman–Crippen LogP) is 3.02. The van der Waals surface area contributed by atoms with Crippen molar-refractivity contribution in [1.29, 1.82) is 0 Å². The Labute approximate surface area is 108 Å². The smallest absolute Gasteiger partial charge is 0.292 e. The molecule has 0 aliphatic heterocycles. The van der Waals surface area contributed by atoms with Gasteiger partial charge in [-0.3, -0.25) is 10.1 Å². The molecule has 2 aromatic rings. The van der Waals surface area contributed by atoms with E-state index in [1.165, 1.54) is 0 Å². The van der Waals surface area contributed by atoms with Crippen molar-refractivity contribution < 1.29 is 9.31 Å². The summed E-state index contributed by atoms with van der Waals surface area (Å²) in [4.78, 5) is 17.4. The highest BCUT2D eigenvalue weighted by molar-refractivity contribution is 5.62. The van der Waals surface area contributed by atoms with Gasteiger partial charge in [0.1, 0.15) is 17.3 Å². The number of nitro groups is 1. The van der Waals surface area contributed by atoms with Crippen LogP contribution in [-0.4, -0.2) is 14.9 Å². The molecule has 19 heavy (non-hydrogen) atoms. The molecule has 0 fully saturated rings. The highest BCUT2D eigenvalue weighted by atomic mass is 19.1. The number of aromatic amines is 1. The van der Waals surface area contributed by atoms with Crippen molar-refractivity contribution >= 4 is 11.4 Å². The fraction of sp³-hybridized carbons (Fsp3) is 0.250. The zero-order valence-electron chi connectivity index (χ0n) is 10.3. The highest BCUT2D eigenvalue weighted by Crippen LogP contribution is 2.29. The number of benzene rings is 1. The minimum Gasteiger partial charge on any atom is -0.370 e. The van der Waals surface area contributed by atoms with Crippen molar-refractivity contribution in [3.05, 3.63) is 52.3 Å². The van der Waals surface area contributed by atoms with Gasteiger partial charge in [-0.05, 0) is 12.5 Å². The summed E-state index contributed by atoms with van der Waals surface area (Å²) in [5, 5.41) is 13.9. The van der Waals surface area contributed by atoms with Gasteiger partial charge in [0.15, 0.2) is 0 Å². The Morgan fingerprint density at radius 3 is 2.95 bits per heavy atom. The molecule has 7 heteroatoms. The molecule has 1 aromatic carbocycles. The van der Waals surface area contributed by atoms with Gasteiger partial charge in [0.05, 0.1) is 11.0 Å². The van der Waals surface area contributed by atoms with E-state index in [2.05, 4.69) is 15.3 Å². The Bertz CT molecular complexity index is 571. The summed E-state index contributed by atoms with van der Waals surface area (Å²) in [5.41, 5.74) is -0.0142. The first-order chi connectivity index (χ1) is 9.11. The first kappa shape index (κ1) is 13.0. The number of anilines is 1. The molecule has 1 unspecified atom stereocenters. The van der Waals surface area contributed by atoms with E-state index in [4.69, 9.17) is 0 Å². The van der Waals surface area contributed by atoms with Gasteiger partial charge in [0, 0.05) is 24.5 Å². The molecule has 0 aliphatic carbocycles. The van der Waals surface area contributed by atoms with Gasteiger partial charge in [0.2, 0.25) is 0 Å². The summed E-state index contributed by atoms with van der Waals surface area (Å²) in [7, 11) is 0. The zero-order valence-corrected chi connectivity index (χ0v) is 10.3. The molecular weight excluding hydrogens is 251 g/mol. The van der Waals surface area contributed by atoms with Gasteiger partial charge in [-0.25, -0.2) is 9.37 Å². The van der Waals surface area contributed by atoms with Gasteiger partial charge in [0.25, 0.3) is 5.69 Å². The molecule has 0 bridgehead atoms. The largest absolute Gasteiger partial charge is 0.370 e. The molecule has 1 heterocycles. The van der Waals surface area contributed by atoms with Crippen LogP contribution >= 0.6 is 0 Å². The Morgan fingerprint density at radius 2 is 2.37 bits per heavy atom. The zero-order chi connectivity index (χ0) is 13.8. The summed E-state index contributed by atoms with van der Waals surface area (Å²) >= 11 is 0. The van der Waals surface area contributed by atoms with Crippen LogP contribution < -0.4 is 5.32 Å². The summed E-state index contributed by atoms with van der Waals surface area (Å²) in [5.74, 6) is 0.128. The van der Waals surface area contributed by atoms with Crippen molar-refractivity contribution in [1.82, 2.24) is 9.97 Å². The summed E-state index contributed by atoms with van der Waals surface area (Å²) in [6.45, 7) is 1.91.